The van der Waals surface area contributed by atoms with Crippen LogP contribution in [-0.2, 0) is 38.1 Å². The number of amides is 1. The molecule has 13 nitrogen and oxygen atoms in total. The van der Waals surface area contributed by atoms with Gasteiger partial charge in [-0.2, -0.15) is 9.97 Å². The quantitative estimate of drug-likeness (QED) is 0.175. The molecule has 2 saturated heterocycles. The molecule has 0 spiro atoms. The fourth-order valence-electron chi connectivity index (χ4n) is 9.14. The number of aromatic nitrogens is 4. The van der Waals surface area contributed by atoms with Gasteiger partial charge in [0.2, 0.25) is 10.9 Å². The van der Waals surface area contributed by atoms with Crippen LogP contribution in [0.3, 0.4) is 0 Å². The third-order valence-electron chi connectivity index (χ3n) is 12.4. The van der Waals surface area contributed by atoms with Gasteiger partial charge in [-0.1, -0.05) is 5.92 Å². The van der Waals surface area contributed by atoms with Crippen LogP contribution in [0.1, 0.15) is 103 Å². The van der Waals surface area contributed by atoms with Gasteiger partial charge in [0, 0.05) is 19.3 Å². The van der Waals surface area contributed by atoms with Crippen molar-refractivity contribution in [2.45, 2.75) is 120 Å². The zero-order valence-corrected chi connectivity index (χ0v) is 28.0. The molecular weight excluding hydrogens is 654 g/mol. The molecule has 2 aromatic heterocycles. The molecule has 2 aromatic rings. The standard InChI is InChI=1S/C35H40ClN5O8/c1-2-35(18-46-30(44)33-11-5-20(6-12-33)7-13-33)23(48-31(45)34-14-8-21(9-15-34)10-16-34)17-24(49-35)41-19-37-26-27(39-32(36)40-28(26)41)38-29(43)22-3-4-25(42)47-22/h1,19-24H,3-18H2,(H,38,39,40,43)/t20?,21?,22-,23+,24-,33?,34?,35-/m1/s1. The molecule has 8 fully saturated rings. The molecule has 0 radical (unpaired) electrons. The summed E-state index contributed by atoms with van der Waals surface area (Å²) in [5, 5.41) is 2.49. The number of cyclic esters (lactones) is 1. The van der Waals surface area contributed by atoms with Crippen LogP contribution in [0.25, 0.3) is 11.2 Å². The van der Waals surface area contributed by atoms with Crippen LogP contribution < -0.4 is 5.32 Å². The zero-order valence-electron chi connectivity index (χ0n) is 27.3. The maximum absolute atomic E-state index is 14.0. The Bertz CT molecular complexity index is 1710. The predicted octanol–water partition coefficient (Wildman–Crippen LogP) is 4.81. The molecule has 4 atom stereocenters. The van der Waals surface area contributed by atoms with E-state index in [4.69, 9.17) is 37.0 Å². The van der Waals surface area contributed by atoms with E-state index in [1.54, 1.807) is 4.57 Å². The number of nitrogens with zero attached hydrogens (tertiary/aromatic N) is 4. The summed E-state index contributed by atoms with van der Waals surface area (Å²) >= 11 is 6.32. The van der Waals surface area contributed by atoms with Crippen LogP contribution >= 0.6 is 11.6 Å². The molecule has 8 aliphatic rings. The number of rotatable bonds is 8. The first-order valence-electron chi connectivity index (χ1n) is 17.6. The number of carbonyl (C=O) groups excluding carboxylic acids is 4. The van der Waals surface area contributed by atoms with E-state index >= 15 is 0 Å². The van der Waals surface area contributed by atoms with Crippen LogP contribution in [0.2, 0.25) is 5.28 Å². The second-order valence-electron chi connectivity index (χ2n) is 15.0. The molecule has 0 unspecified atom stereocenters. The summed E-state index contributed by atoms with van der Waals surface area (Å²) in [7, 11) is 0. The highest BCUT2D eigenvalue weighted by atomic mass is 35.5. The Balaban J connectivity index is 1.07. The lowest BCUT2D eigenvalue weighted by Crippen LogP contribution is -2.50. The second-order valence-corrected chi connectivity index (χ2v) is 15.3. The maximum Gasteiger partial charge on any atom is 0.312 e. The molecule has 4 bridgehead atoms. The van der Waals surface area contributed by atoms with Gasteiger partial charge in [0.25, 0.3) is 5.91 Å². The highest BCUT2D eigenvalue weighted by Gasteiger charge is 2.56. The van der Waals surface area contributed by atoms with Gasteiger partial charge in [0.05, 0.1) is 17.2 Å². The van der Waals surface area contributed by atoms with Crippen LogP contribution in [0.5, 0.6) is 0 Å². The first kappa shape index (κ1) is 32.4. The van der Waals surface area contributed by atoms with Crippen LogP contribution in [0.15, 0.2) is 6.33 Å². The molecular formula is C35H40ClN5O8. The monoisotopic (exact) mass is 693 g/mol. The van der Waals surface area contributed by atoms with E-state index in [0.29, 0.717) is 11.8 Å². The first-order chi connectivity index (χ1) is 23.6. The minimum Gasteiger partial charge on any atom is -0.461 e. The highest BCUT2D eigenvalue weighted by molar-refractivity contribution is 6.28. The lowest BCUT2D eigenvalue weighted by molar-refractivity contribution is -0.184. The molecule has 1 N–H and O–H groups in total. The van der Waals surface area contributed by atoms with Crippen molar-refractivity contribution in [3.8, 4) is 12.3 Å². The first-order valence-corrected chi connectivity index (χ1v) is 17.9. The molecule has 6 saturated carbocycles. The fourth-order valence-corrected chi connectivity index (χ4v) is 9.30. The number of carbonyl (C=O) groups is 4. The van der Waals surface area contributed by atoms with Crippen molar-refractivity contribution in [3.63, 3.8) is 0 Å². The molecule has 1 amide bonds. The van der Waals surface area contributed by atoms with Crippen molar-refractivity contribution in [2.75, 3.05) is 11.9 Å². The summed E-state index contributed by atoms with van der Waals surface area (Å²) in [5.41, 5.74) is -2.18. The van der Waals surface area contributed by atoms with E-state index < -0.39 is 46.7 Å². The molecule has 49 heavy (non-hydrogen) atoms. The lowest BCUT2D eigenvalue weighted by Gasteiger charge is -2.45. The third-order valence-corrected chi connectivity index (χ3v) is 12.5. The summed E-state index contributed by atoms with van der Waals surface area (Å²) in [6, 6.07) is 0. The van der Waals surface area contributed by atoms with Gasteiger partial charge >= 0.3 is 17.9 Å². The number of nitrogens with one attached hydrogen (secondary N) is 1. The Kier molecular flexibility index (Phi) is 8.10. The molecule has 10 rings (SSSR count). The SMILES string of the molecule is C#C[C@]1(COC(=O)C23CCC(CC2)CC3)O[C@@H](n2cnc3c(NC(=O)[C@H]4CCC(=O)O4)nc(Cl)nc32)C[C@@H]1OC(=O)C12CCC(CC1)CC2. The van der Waals surface area contributed by atoms with Crippen molar-refractivity contribution >= 4 is 52.4 Å². The van der Waals surface area contributed by atoms with Crippen molar-refractivity contribution < 1.29 is 38.1 Å². The Hall–Kier alpha value is -3.76. The van der Waals surface area contributed by atoms with E-state index in [1.807, 2.05) is 0 Å². The number of halogens is 1. The van der Waals surface area contributed by atoms with Gasteiger partial charge in [-0.05, 0) is 100 Å². The number of hydrogen-bond donors (Lipinski definition) is 1. The van der Waals surface area contributed by atoms with Crippen molar-refractivity contribution in [1.82, 2.24) is 19.5 Å². The minimum atomic E-state index is -1.57. The molecule has 0 aromatic carbocycles. The lowest BCUT2D eigenvalue weighted by atomic mass is 9.61. The van der Waals surface area contributed by atoms with E-state index in [0.717, 1.165) is 77.0 Å². The highest BCUT2D eigenvalue weighted by Crippen LogP contribution is 2.53. The predicted molar refractivity (Wildman–Crippen MR) is 172 cm³/mol. The molecule has 260 valence electrons. The van der Waals surface area contributed by atoms with Crippen LogP contribution in [-0.4, -0.2) is 67.7 Å². The summed E-state index contributed by atoms with van der Waals surface area (Å²) in [4.78, 5) is 65.1. The van der Waals surface area contributed by atoms with E-state index in [1.165, 1.54) is 6.33 Å². The average Bonchev–Trinajstić information content (AvgIpc) is 3.86. The summed E-state index contributed by atoms with van der Waals surface area (Å²) in [6.07, 6.45) is 16.3. The maximum atomic E-state index is 14.0. The van der Waals surface area contributed by atoms with Crippen molar-refractivity contribution in [3.05, 3.63) is 11.6 Å². The number of ether oxygens (including phenoxy) is 4. The number of anilines is 1. The van der Waals surface area contributed by atoms with Gasteiger partial charge in [-0.3, -0.25) is 23.7 Å². The van der Waals surface area contributed by atoms with Gasteiger partial charge in [0.15, 0.2) is 23.1 Å². The van der Waals surface area contributed by atoms with Crippen LogP contribution in [0, 0.1) is 35.0 Å². The van der Waals surface area contributed by atoms with Gasteiger partial charge in [-0.25, -0.2) is 4.98 Å². The molecule has 2 aliphatic heterocycles. The fraction of sp³-hybridized carbons (Fsp3) is 0.686. The number of hydrogen-bond acceptors (Lipinski definition) is 11. The summed E-state index contributed by atoms with van der Waals surface area (Å²) in [5.74, 6) is 2.54. The Morgan fingerprint density at radius 2 is 1.61 bits per heavy atom. The number of terminal acetylenes is 1. The van der Waals surface area contributed by atoms with Gasteiger partial charge in [0.1, 0.15) is 18.9 Å². The summed E-state index contributed by atoms with van der Waals surface area (Å²) in [6.45, 7) is -0.277. The van der Waals surface area contributed by atoms with E-state index in [-0.39, 0.29) is 60.1 Å². The molecule has 4 heterocycles. The average molecular weight is 694 g/mol. The topological polar surface area (TPSA) is 161 Å². The Morgan fingerprint density at radius 3 is 2.20 bits per heavy atom. The number of esters is 3. The zero-order chi connectivity index (χ0) is 34.0. The van der Waals surface area contributed by atoms with Gasteiger partial charge < -0.3 is 24.3 Å². The second kappa shape index (κ2) is 12.2. The van der Waals surface area contributed by atoms with Crippen LogP contribution in [0.4, 0.5) is 5.82 Å². The molecule has 6 aliphatic carbocycles. The van der Waals surface area contributed by atoms with Gasteiger partial charge in [-0.15, -0.1) is 6.42 Å². The normalized spacial score (nSPS) is 36.3. The van der Waals surface area contributed by atoms with E-state index in [2.05, 4.69) is 26.2 Å². The molecule has 14 heteroatoms. The summed E-state index contributed by atoms with van der Waals surface area (Å²) < 4.78 is 25.6. The van der Waals surface area contributed by atoms with Crippen molar-refractivity contribution in [2.24, 2.45) is 22.7 Å². The number of imidazole rings is 1. The minimum absolute atomic E-state index is 0.0354. The smallest absolute Gasteiger partial charge is 0.312 e. The largest absolute Gasteiger partial charge is 0.461 e. The Morgan fingerprint density at radius 1 is 0.980 bits per heavy atom. The van der Waals surface area contributed by atoms with E-state index in [9.17, 15) is 19.2 Å². The third kappa shape index (κ3) is 5.65. The van der Waals surface area contributed by atoms with Crippen molar-refractivity contribution in [1.29, 1.82) is 0 Å². The number of fused-ring (bicyclic) bond motifs is 7. The Labute approximate surface area is 288 Å².